The van der Waals surface area contributed by atoms with Gasteiger partial charge in [0.2, 0.25) is 5.95 Å². The molecule has 2 N–H and O–H groups in total. The van der Waals surface area contributed by atoms with E-state index in [1.54, 1.807) is 6.07 Å². The number of anilines is 2. The second kappa shape index (κ2) is 7.97. The molecule has 1 aliphatic rings. The first-order valence-electron chi connectivity index (χ1n) is 8.42. The SMILES string of the molecule is CC(C)CNC(=S)Nc1nc(Cl)cc(N2CCc3ccccc3C2)n1. The second-order valence-electron chi connectivity index (χ2n) is 6.54. The summed E-state index contributed by atoms with van der Waals surface area (Å²) < 4.78 is 0. The lowest BCUT2D eigenvalue weighted by Gasteiger charge is -2.30. The van der Waals surface area contributed by atoms with E-state index < -0.39 is 0 Å². The number of nitrogens with zero attached hydrogens (tertiary/aromatic N) is 3. The van der Waals surface area contributed by atoms with Crippen molar-refractivity contribution < 1.29 is 0 Å². The van der Waals surface area contributed by atoms with Crippen LogP contribution in [0.1, 0.15) is 25.0 Å². The van der Waals surface area contributed by atoms with Gasteiger partial charge in [0.05, 0.1) is 0 Å². The van der Waals surface area contributed by atoms with Gasteiger partial charge in [0.15, 0.2) is 5.11 Å². The number of hydrogen-bond acceptors (Lipinski definition) is 4. The summed E-state index contributed by atoms with van der Waals surface area (Å²) in [6.45, 7) is 6.76. The molecule has 0 fully saturated rings. The van der Waals surface area contributed by atoms with Crippen LogP contribution in [0.25, 0.3) is 0 Å². The topological polar surface area (TPSA) is 53.1 Å². The summed E-state index contributed by atoms with van der Waals surface area (Å²) in [5, 5.41) is 7.08. The van der Waals surface area contributed by atoms with Gasteiger partial charge in [-0.15, -0.1) is 0 Å². The van der Waals surface area contributed by atoms with Crippen LogP contribution in [0.5, 0.6) is 0 Å². The summed E-state index contributed by atoms with van der Waals surface area (Å²) in [5.74, 6) is 1.73. The first kappa shape index (κ1) is 17.9. The van der Waals surface area contributed by atoms with Gasteiger partial charge in [-0.1, -0.05) is 49.7 Å². The van der Waals surface area contributed by atoms with Crippen molar-refractivity contribution >= 4 is 40.7 Å². The predicted molar refractivity (Wildman–Crippen MR) is 107 cm³/mol. The molecule has 0 amide bonds. The lowest BCUT2D eigenvalue weighted by atomic mass is 10.00. The van der Waals surface area contributed by atoms with Crippen molar-refractivity contribution in [3.05, 3.63) is 46.6 Å². The molecule has 0 atom stereocenters. The lowest BCUT2D eigenvalue weighted by Crippen LogP contribution is -2.33. The van der Waals surface area contributed by atoms with Crippen molar-refractivity contribution in [1.82, 2.24) is 15.3 Å². The van der Waals surface area contributed by atoms with E-state index in [0.717, 1.165) is 31.9 Å². The van der Waals surface area contributed by atoms with Crippen LogP contribution in [0.3, 0.4) is 0 Å². The zero-order valence-corrected chi connectivity index (χ0v) is 16.0. The van der Waals surface area contributed by atoms with Crippen molar-refractivity contribution in [3.8, 4) is 0 Å². The third-order valence-corrected chi connectivity index (χ3v) is 4.47. The van der Waals surface area contributed by atoms with E-state index in [9.17, 15) is 0 Å². The Morgan fingerprint density at radius 1 is 1.28 bits per heavy atom. The highest BCUT2D eigenvalue weighted by atomic mass is 35.5. The normalized spacial score (nSPS) is 13.5. The Hall–Kier alpha value is -1.92. The van der Waals surface area contributed by atoms with Crippen LogP contribution in [0, 0.1) is 5.92 Å². The average Bonchev–Trinajstić information content (AvgIpc) is 2.59. The maximum absolute atomic E-state index is 6.20. The van der Waals surface area contributed by atoms with E-state index in [4.69, 9.17) is 23.8 Å². The molecule has 0 unspecified atom stereocenters. The Morgan fingerprint density at radius 2 is 2.04 bits per heavy atom. The molecule has 2 heterocycles. The summed E-state index contributed by atoms with van der Waals surface area (Å²) in [6.07, 6.45) is 0.995. The molecule has 0 radical (unpaired) electrons. The van der Waals surface area contributed by atoms with E-state index >= 15 is 0 Å². The Bertz CT molecular complexity index is 765. The molecule has 1 aromatic heterocycles. The van der Waals surface area contributed by atoms with Crippen LogP contribution in [-0.4, -0.2) is 28.2 Å². The van der Waals surface area contributed by atoms with Crippen LogP contribution in [0.15, 0.2) is 30.3 Å². The molecule has 25 heavy (non-hydrogen) atoms. The lowest BCUT2D eigenvalue weighted by molar-refractivity contribution is 0.627. The van der Waals surface area contributed by atoms with Gasteiger partial charge in [-0.05, 0) is 35.7 Å². The maximum Gasteiger partial charge on any atom is 0.232 e. The fourth-order valence-corrected chi connectivity index (χ4v) is 3.11. The number of rotatable bonds is 4. The molecular weight excluding hydrogens is 354 g/mol. The van der Waals surface area contributed by atoms with E-state index in [0.29, 0.717) is 22.1 Å². The zero-order chi connectivity index (χ0) is 17.8. The van der Waals surface area contributed by atoms with Crippen molar-refractivity contribution in [2.75, 3.05) is 23.3 Å². The summed E-state index contributed by atoms with van der Waals surface area (Å²) in [4.78, 5) is 11.0. The van der Waals surface area contributed by atoms with Crippen molar-refractivity contribution in [2.24, 2.45) is 5.92 Å². The zero-order valence-electron chi connectivity index (χ0n) is 14.4. The molecular formula is C18H22ClN5S. The van der Waals surface area contributed by atoms with Crippen LogP contribution < -0.4 is 15.5 Å². The number of hydrogen-bond donors (Lipinski definition) is 2. The third-order valence-electron chi connectivity index (χ3n) is 4.03. The molecule has 3 rings (SSSR count). The smallest absolute Gasteiger partial charge is 0.232 e. The second-order valence-corrected chi connectivity index (χ2v) is 7.34. The predicted octanol–water partition coefficient (Wildman–Crippen LogP) is 3.64. The summed E-state index contributed by atoms with van der Waals surface area (Å²) in [6, 6.07) is 10.3. The summed E-state index contributed by atoms with van der Waals surface area (Å²) in [7, 11) is 0. The molecule has 132 valence electrons. The Labute approximate surface area is 158 Å². The van der Waals surface area contributed by atoms with Crippen LogP contribution in [0.2, 0.25) is 5.15 Å². The molecule has 2 aromatic rings. The Morgan fingerprint density at radius 3 is 2.80 bits per heavy atom. The van der Waals surface area contributed by atoms with Crippen molar-refractivity contribution in [1.29, 1.82) is 0 Å². The van der Waals surface area contributed by atoms with Gasteiger partial charge < -0.3 is 15.5 Å². The monoisotopic (exact) mass is 375 g/mol. The largest absolute Gasteiger partial charge is 0.362 e. The van der Waals surface area contributed by atoms with Gasteiger partial charge in [0.1, 0.15) is 11.0 Å². The summed E-state index contributed by atoms with van der Waals surface area (Å²) in [5.41, 5.74) is 2.73. The van der Waals surface area contributed by atoms with E-state index in [-0.39, 0.29) is 0 Å². The van der Waals surface area contributed by atoms with Gasteiger partial charge >= 0.3 is 0 Å². The molecule has 5 nitrogen and oxygen atoms in total. The molecule has 1 aromatic carbocycles. The van der Waals surface area contributed by atoms with E-state index in [2.05, 4.69) is 63.6 Å². The average molecular weight is 376 g/mol. The molecule has 1 aliphatic heterocycles. The molecule has 0 aliphatic carbocycles. The quantitative estimate of drug-likeness (QED) is 0.628. The molecule has 0 spiro atoms. The van der Waals surface area contributed by atoms with Gasteiger partial charge in [0, 0.05) is 25.7 Å². The Balaban J connectivity index is 1.73. The van der Waals surface area contributed by atoms with Crippen LogP contribution in [0.4, 0.5) is 11.8 Å². The van der Waals surface area contributed by atoms with Gasteiger partial charge in [-0.2, -0.15) is 4.98 Å². The maximum atomic E-state index is 6.20. The fraction of sp³-hybridized carbons (Fsp3) is 0.389. The van der Waals surface area contributed by atoms with Crippen molar-refractivity contribution in [3.63, 3.8) is 0 Å². The third kappa shape index (κ3) is 4.80. The van der Waals surface area contributed by atoms with Crippen molar-refractivity contribution in [2.45, 2.75) is 26.8 Å². The number of aromatic nitrogens is 2. The number of nitrogens with one attached hydrogen (secondary N) is 2. The Kier molecular flexibility index (Phi) is 5.71. The first-order chi connectivity index (χ1) is 12.0. The minimum atomic E-state index is 0.401. The standard InChI is InChI=1S/C18H22ClN5S/c1-12(2)10-20-18(25)23-17-21-15(19)9-16(22-17)24-8-7-13-5-3-4-6-14(13)11-24/h3-6,9,12H,7-8,10-11H2,1-2H3,(H2,20,21,22,23,25). The molecule has 0 saturated heterocycles. The molecule has 0 bridgehead atoms. The van der Waals surface area contributed by atoms with Crippen LogP contribution >= 0.6 is 23.8 Å². The summed E-state index contributed by atoms with van der Waals surface area (Å²) >= 11 is 11.5. The number of thiocarbonyl (C=S) groups is 1. The number of benzene rings is 1. The van der Waals surface area contributed by atoms with Gasteiger partial charge in [-0.3, -0.25) is 0 Å². The molecule has 7 heteroatoms. The molecule has 0 saturated carbocycles. The first-order valence-corrected chi connectivity index (χ1v) is 9.21. The highest BCUT2D eigenvalue weighted by molar-refractivity contribution is 7.80. The van der Waals surface area contributed by atoms with Gasteiger partial charge in [0.25, 0.3) is 0 Å². The highest BCUT2D eigenvalue weighted by Gasteiger charge is 2.18. The van der Waals surface area contributed by atoms with E-state index in [1.807, 2.05) is 0 Å². The van der Waals surface area contributed by atoms with Gasteiger partial charge in [-0.25, -0.2) is 4.98 Å². The number of halogens is 1. The minimum Gasteiger partial charge on any atom is -0.362 e. The minimum absolute atomic E-state index is 0.401. The number of fused-ring (bicyclic) bond motifs is 1. The highest BCUT2D eigenvalue weighted by Crippen LogP contribution is 2.25. The van der Waals surface area contributed by atoms with Crippen LogP contribution in [-0.2, 0) is 13.0 Å². The fourth-order valence-electron chi connectivity index (χ4n) is 2.76. The van der Waals surface area contributed by atoms with E-state index in [1.165, 1.54) is 11.1 Å².